The van der Waals surface area contributed by atoms with Crippen molar-refractivity contribution in [2.75, 3.05) is 26.2 Å². The second kappa shape index (κ2) is 7.00. The first-order chi connectivity index (χ1) is 13.8. The zero-order valence-electron chi connectivity index (χ0n) is 16.8. The number of nitrogens with zero attached hydrogens (tertiary/aromatic N) is 3. The van der Waals surface area contributed by atoms with Crippen molar-refractivity contribution in [1.29, 1.82) is 0 Å². The lowest BCUT2D eigenvalue weighted by Crippen LogP contribution is -2.39. The highest BCUT2D eigenvalue weighted by atomic mass is 15.2. The van der Waals surface area contributed by atoms with Crippen LogP contribution in [0.3, 0.4) is 0 Å². The second-order valence-electron chi connectivity index (χ2n) is 9.55. The maximum Gasteiger partial charge on any atom is 0.127 e. The molecule has 1 aromatic heterocycles. The van der Waals surface area contributed by atoms with E-state index in [1.54, 1.807) is 0 Å². The molecule has 1 N–H and O–H groups in total. The molecule has 28 heavy (non-hydrogen) atoms. The molecule has 3 fully saturated rings. The first-order valence-corrected chi connectivity index (χ1v) is 11.5. The average Bonchev–Trinajstić information content (AvgIpc) is 3.51. The Kier molecular flexibility index (Phi) is 4.31. The van der Waals surface area contributed by atoms with Gasteiger partial charge in [0.1, 0.15) is 5.82 Å². The van der Waals surface area contributed by atoms with Gasteiger partial charge < -0.3 is 14.8 Å². The van der Waals surface area contributed by atoms with Gasteiger partial charge in [-0.15, -0.1) is 0 Å². The fraction of sp³-hybridized carbons (Fsp3) is 0.625. The minimum atomic E-state index is 0.436. The van der Waals surface area contributed by atoms with Crippen LogP contribution in [-0.4, -0.2) is 40.6 Å². The van der Waals surface area contributed by atoms with Crippen LogP contribution in [0.1, 0.15) is 56.4 Å². The molecule has 2 bridgehead atoms. The molecule has 1 aromatic carbocycles. The highest BCUT2D eigenvalue weighted by molar-refractivity contribution is 5.76. The summed E-state index contributed by atoms with van der Waals surface area (Å²) in [5.41, 5.74) is 2.50. The van der Waals surface area contributed by atoms with E-state index in [1.807, 2.05) is 0 Å². The molecule has 2 aromatic rings. The van der Waals surface area contributed by atoms with Crippen LogP contribution in [0.2, 0.25) is 0 Å². The number of likely N-dealkylation sites (tertiary alicyclic amines) is 1. The van der Waals surface area contributed by atoms with Gasteiger partial charge in [0.25, 0.3) is 0 Å². The summed E-state index contributed by atoms with van der Waals surface area (Å²) in [6, 6.07) is 9.78. The zero-order valence-corrected chi connectivity index (χ0v) is 16.8. The Hall–Kier alpha value is -1.65. The summed E-state index contributed by atoms with van der Waals surface area (Å²) >= 11 is 0. The van der Waals surface area contributed by atoms with Crippen LogP contribution in [-0.2, 0) is 0 Å². The molecule has 6 rings (SSSR count). The molecule has 2 saturated heterocycles. The van der Waals surface area contributed by atoms with Gasteiger partial charge in [0, 0.05) is 25.7 Å². The highest BCUT2D eigenvalue weighted by Crippen LogP contribution is 2.44. The molecule has 0 radical (unpaired) electrons. The van der Waals surface area contributed by atoms with Gasteiger partial charge in [-0.1, -0.05) is 24.3 Å². The van der Waals surface area contributed by atoms with Crippen molar-refractivity contribution >= 4 is 11.0 Å². The molecule has 4 atom stereocenters. The highest BCUT2D eigenvalue weighted by Gasteiger charge is 2.37. The molecule has 0 spiro atoms. The summed E-state index contributed by atoms with van der Waals surface area (Å²) in [7, 11) is 0. The van der Waals surface area contributed by atoms with Crippen molar-refractivity contribution in [3.05, 3.63) is 42.2 Å². The topological polar surface area (TPSA) is 33.1 Å². The monoisotopic (exact) mass is 376 g/mol. The minimum Gasteiger partial charge on any atom is -0.323 e. The molecule has 3 heterocycles. The van der Waals surface area contributed by atoms with Gasteiger partial charge in [-0.2, -0.15) is 0 Å². The number of aromatic nitrogens is 2. The SMILES string of the molecule is C1=C[C@H]2C[C@H]1CC2CN1CCC(n2c([C@@H]3CCCN3)nc3ccccc32)CC1. The van der Waals surface area contributed by atoms with E-state index in [0.717, 1.165) is 24.3 Å². The predicted molar refractivity (Wildman–Crippen MR) is 113 cm³/mol. The first kappa shape index (κ1) is 17.2. The lowest BCUT2D eigenvalue weighted by molar-refractivity contribution is 0.153. The number of imidazole rings is 1. The molecule has 4 nitrogen and oxygen atoms in total. The summed E-state index contributed by atoms with van der Waals surface area (Å²) < 4.78 is 2.61. The van der Waals surface area contributed by atoms with E-state index in [0.29, 0.717) is 12.1 Å². The maximum absolute atomic E-state index is 5.08. The fourth-order valence-electron chi connectivity index (χ4n) is 6.39. The Balaban J connectivity index is 1.20. The molecule has 2 aliphatic heterocycles. The maximum atomic E-state index is 5.08. The number of nitrogens with one attached hydrogen (secondary N) is 1. The van der Waals surface area contributed by atoms with Crippen LogP contribution in [0.25, 0.3) is 11.0 Å². The lowest BCUT2D eigenvalue weighted by atomic mass is 9.92. The summed E-state index contributed by atoms with van der Waals surface area (Å²) in [4.78, 5) is 7.83. The first-order valence-electron chi connectivity index (χ1n) is 11.5. The largest absolute Gasteiger partial charge is 0.323 e. The van der Waals surface area contributed by atoms with Crippen LogP contribution >= 0.6 is 0 Å². The third-order valence-electron chi connectivity index (χ3n) is 7.83. The number of para-hydroxylation sites is 2. The average molecular weight is 377 g/mol. The van der Waals surface area contributed by atoms with Gasteiger partial charge in [0.05, 0.1) is 17.1 Å². The van der Waals surface area contributed by atoms with E-state index in [2.05, 4.69) is 51.2 Å². The van der Waals surface area contributed by atoms with E-state index in [1.165, 1.54) is 75.0 Å². The van der Waals surface area contributed by atoms with Crippen LogP contribution in [0, 0.1) is 17.8 Å². The normalized spacial score (nSPS) is 33.4. The van der Waals surface area contributed by atoms with E-state index >= 15 is 0 Å². The van der Waals surface area contributed by atoms with E-state index in [-0.39, 0.29) is 0 Å². The number of piperidine rings is 1. The molecule has 1 saturated carbocycles. The van der Waals surface area contributed by atoms with E-state index in [4.69, 9.17) is 4.98 Å². The van der Waals surface area contributed by atoms with Crippen molar-refractivity contribution in [2.24, 2.45) is 17.8 Å². The van der Waals surface area contributed by atoms with Gasteiger partial charge >= 0.3 is 0 Å². The van der Waals surface area contributed by atoms with Crippen LogP contribution in [0.5, 0.6) is 0 Å². The Bertz CT molecular complexity index is 870. The quantitative estimate of drug-likeness (QED) is 0.807. The zero-order chi connectivity index (χ0) is 18.5. The number of benzene rings is 1. The summed E-state index contributed by atoms with van der Waals surface area (Å²) in [6.45, 7) is 4.93. The minimum absolute atomic E-state index is 0.436. The Labute approximate surface area is 168 Å². The number of rotatable bonds is 4. The molecular weight excluding hydrogens is 344 g/mol. The number of fused-ring (bicyclic) bond motifs is 3. The van der Waals surface area contributed by atoms with Crippen molar-refractivity contribution in [1.82, 2.24) is 19.8 Å². The van der Waals surface area contributed by atoms with Crippen molar-refractivity contribution in [2.45, 2.75) is 50.6 Å². The van der Waals surface area contributed by atoms with Crippen molar-refractivity contribution in [3.63, 3.8) is 0 Å². The smallest absolute Gasteiger partial charge is 0.127 e. The van der Waals surface area contributed by atoms with Crippen LogP contribution < -0.4 is 5.32 Å². The van der Waals surface area contributed by atoms with Gasteiger partial charge in [-0.25, -0.2) is 4.98 Å². The fourth-order valence-corrected chi connectivity index (χ4v) is 6.39. The summed E-state index contributed by atoms with van der Waals surface area (Å²) in [5, 5.41) is 3.69. The van der Waals surface area contributed by atoms with Gasteiger partial charge in [-0.3, -0.25) is 0 Å². The number of allylic oxidation sites excluding steroid dienone is 2. The standard InChI is InChI=1S/C24H32N4/c1-2-6-23-21(4-1)26-24(22-5-3-11-25-22)28(23)20-9-12-27(13-10-20)16-19-15-17-7-8-18(19)14-17/h1-2,4,6-8,17-20,22,25H,3,5,9-16H2/t17-,18-,19?,22-/m0/s1. The number of hydrogen-bond donors (Lipinski definition) is 1. The molecule has 2 aliphatic carbocycles. The second-order valence-corrected chi connectivity index (χ2v) is 9.55. The van der Waals surface area contributed by atoms with Gasteiger partial charge in [0.2, 0.25) is 0 Å². The summed E-state index contributed by atoms with van der Waals surface area (Å²) in [5.74, 6) is 3.97. The molecular formula is C24H32N4. The third kappa shape index (κ3) is 2.93. The van der Waals surface area contributed by atoms with E-state index in [9.17, 15) is 0 Å². The molecule has 1 unspecified atom stereocenters. The van der Waals surface area contributed by atoms with Crippen molar-refractivity contribution < 1.29 is 0 Å². The predicted octanol–water partition coefficient (Wildman–Crippen LogP) is 4.31. The van der Waals surface area contributed by atoms with Crippen LogP contribution in [0.15, 0.2) is 36.4 Å². The van der Waals surface area contributed by atoms with Gasteiger partial charge in [-0.05, 0) is 75.0 Å². The lowest BCUT2D eigenvalue weighted by Gasteiger charge is -2.36. The Morgan fingerprint density at radius 1 is 1.04 bits per heavy atom. The Morgan fingerprint density at radius 2 is 1.93 bits per heavy atom. The van der Waals surface area contributed by atoms with Gasteiger partial charge in [0.15, 0.2) is 0 Å². The van der Waals surface area contributed by atoms with Crippen LogP contribution in [0.4, 0.5) is 0 Å². The molecule has 4 heteroatoms. The summed E-state index contributed by atoms with van der Waals surface area (Å²) in [6.07, 6.45) is 12.8. The van der Waals surface area contributed by atoms with Crippen molar-refractivity contribution in [3.8, 4) is 0 Å². The molecule has 148 valence electrons. The molecule has 4 aliphatic rings. The Morgan fingerprint density at radius 3 is 2.68 bits per heavy atom. The third-order valence-corrected chi connectivity index (χ3v) is 7.83. The van der Waals surface area contributed by atoms with E-state index < -0.39 is 0 Å². The molecule has 0 amide bonds. The number of hydrogen-bond acceptors (Lipinski definition) is 3.